The molecule has 1 fully saturated rings. The summed E-state index contributed by atoms with van der Waals surface area (Å²) in [7, 11) is 4.20. The predicted molar refractivity (Wildman–Crippen MR) is 62.8 cm³/mol. The molecule has 0 aromatic heterocycles. The lowest BCUT2D eigenvalue weighted by Gasteiger charge is -2.37. The zero-order valence-electron chi connectivity index (χ0n) is 9.69. The first-order valence-electron chi connectivity index (χ1n) is 5.16. The zero-order chi connectivity index (χ0) is 10.6. The molecule has 0 aromatic rings. The first-order chi connectivity index (χ1) is 6.63. The number of ether oxygens (including phenoxy) is 1. The number of rotatable bonds is 4. The third kappa shape index (κ3) is 3.77. The van der Waals surface area contributed by atoms with Crippen molar-refractivity contribution in [3.05, 3.63) is 0 Å². The topological polar surface area (TPSA) is 15.7 Å². The third-order valence-electron chi connectivity index (χ3n) is 2.59. The molecule has 2 atom stereocenters. The largest absolute Gasteiger partial charge is 0.374 e. The van der Waals surface area contributed by atoms with Gasteiger partial charge in [-0.3, -0.25) is 4.90 Å². The summed E-state index contributed by atoms with van der Waals surface area (Å²) in [5, 5.41) is 0.614. The average Bonchev–Trinajstić information content (AvgIpc) is 2.16. The molecule has 1 saturated heterocycles. The molecule has 1 aliphatic heterocycles. The fraction of sp³-hybridized carbons (Fsp3) is 1.00. The Balaban J connectivity index is 2.35. The highest BCUT2D eigenvalue weighted by Gasteiger charge is 2.23. The first kappa shape index (κ1) is 12.3. The van der Waals surface area contributed by atoms with E-state index in [4.69, 9.17) is 4.74 Å². The second kappa shape index (κ2) is 5.95. The summed E-state index contributed by atoms with van der Waals surface area (Å²) >= 11 is 1.91. The molecule has 0 bridgehead atoms. The van der Waals surface area contributed by atoms with Gasteiger partial charge in [0.15, 0.2) is 0 Å². The summed E-state index contributed by atoms with van der Waals surface area (Å²) in [6.45, 7) is 6.32. The lowest BCUT2D eigenvalue weighted by molar-refractivity contribution is -0.0399. The van der Waals surface area contributed by atoms with Crippen LogP contribution >= 0.6 is 11.8 Å². The van der Waals surface area contributed by atoms with E-state index in [1.807, 2.05) is 11.8 Å². The summed E-state index contributed by atoms with van der Waals surface area (Å²) in [5.74, 6) is 0. The third-order valence-corrected chi connectivity index (χ3v) is 3.57. The summed E-state index contributed by atoms with van der Waals surface area (Å²) in [4.78, 5) is 4.69. The normalized spacial score (nSPS) is 26.8. The quantitative estimate of drug-likeness (QED) is 0.698. The fourth-order valence-electron chi connectivity index (χ4n) is 1.74. The van der Waals surface area contributed by atoms with E-state index in [0.717, 1.165) is 26.2 Å². The summed E-state index contributed by atoms with van der Waals surface area (Å²) in [6, 6.07) is 0. The molecule has 3 nitrogen and oxygen atoms in total. The molecule has 0 aliphatic carbocycles. The van der Waals surface area contributed by atoms with E-state index < -0.39 is 0 Å². The van der Waals surface area contributed by atoms with E-state index in [1.165, 1.54) is 0 Å². The van der Waals surface area contributed by atoms with Crippen LogP contribution in [0, 0.1) is 0 Å². The van der Waals surface area contributed by atoms with E-state index in [9.17, 15) is 0 Å². The van der Waals surface area contributed by atoms with Crippen molar-refractivity contribution in [2.24, 2.45) is 0 Å². The van der Waals surface area contributed by atoms with E-state index in [2.05, 4.69) is 37.1 Å². The number of thioether (sulfide) groups is 1. The van der Waals surface area contributed by atoms with Gasteiger partial charge in [-0.05, 0) is 27.3 Å². The van der Waals surface area contributed by atoms with Gasteiger partial charge < -0.3 is 9.64 Å². The molecule has 14 heavy (non-hydrogen) atoms. The molecule has 0 radical (unpaired) electrons. The Bertz CT molecular complexity index is 166. The number of hydrogen-bond donors (Lipinski definition) is 0. The number of nitrogens with zero attached hydrogens (tertiary/aromatic N) is 2. The van der Waals surface area contributed by atoms with Gasteiger partial charge in [-0.1, -0.05) is 0 Å². The van der Waals surface area contributed by atoms with Gasteiger partial charge in [0.05, 0.1) is 18.1 Å². The molecule has 1 aliphatic rings. The SMILES string of the molecule is CSC(C)N1CCO[C@H](CN(C)C)C1. The van der Waals surface area contributed by atoms with Crippen LogP contribution in [0.25, 0.3) is 0 Å². The van der Waals surface area contributed by atoms with Gasteiger partial charge in [0.1, 0.15) is 0 Å². The Kier molecular flexibility index (Phi) is 5.23. The maximum absolute atomic E-state index is 5.72. The highest BCUT2D eigenvalue weighted by atomic mass is 32.2. The van der Waals surface area contributed by atoms with E-state index >= 15 is 0 Å². The van der Waals surface area contributed by atoms with Gasteiger partial charge in [0.25, 0.3) is 0 Å². The van der Waals surface area contributed by atoms with Crippen molar-refractivity contribution in [2.45, 2.75) is 18.4 Å². The Hall–Kier alpha value is 0.230. The molecule has 0 saturated carbocycles. The van der Waals surface area contributed by atoms with Crippen molar-refractivity contribution < 1.29 is 4.74 Å². The molecule has 0 amide bonds. The van der Waals surface area contributed by atoms with E-state index in [0.29, 0.717) is 11.5 Å². The van der Waals surface area contributed by atoms with Crippen LogP contribution in [0.3, 0.4) is 0 Å². The van der Waals surface area contributed by atoms with Gasteiger partial charge in [-0.25, -0.2) is 0 Å². The van der Waals surface area contributed by atoms with Crippen molar-refractivity contribution in [1.29, 1.82) is 0 Å². The summed E-state index contributed by atoms with van der Waals surface area (Å²) < 4.78 is 5.72. The monoisotopic (exact) mass is 218 g/mol. The van der Waals surface area contributed by atoms with Crippen LogP contribution in [0.2, 0.25) is 0 Å². The minimum Gasteiger partial charge on any atom is -0.374 e. The molecule has 1 unspecified atom stereocenters. The lowest BCUT2D eigenvalue weighted by Crippen LogP contribution is -2.48. The van der Waals surface area contributed by atoms with Crippen molar-refractivity contribution in [1.82, 2.24) is 9.80 Å². The molecule has 84 valence electrons. The summed E-state index contributed by atoms with van der Waals surface area (Å²) in [6.07, 6.45) is 2.55. The molecule has 0 N–H and O–H groups in total. The average molecular weight is 218 g/mol. The van der Waals surface area contributed by atoms with Gasteiger partial charge in [0, 0.05) is 19.6 Å². The van der Waals surface area contributed by atoms with Crippen LogP contribution in [-0.2, 0) is 4.74 Å². The van der Waals surface area contributed by atoms with Crippen LogP contribution < -0.4 is 0 Å². The van der Waals surface area contributed by atoms with E-state index in [1.54, 1.807) is 0 Å². The van der Waals surface area contributed by atoms with Gasteiger partial charge in [0.2, 0.25) is 0 Å². The minimum atomic E-state index is 0.383. The standard InChI is InChI=1S/C10H22N2OS/c1-9(14-4)12-5-6-13-10(8-12)7-11(2)3/h9-10H,5-8H2,1-4H3/t9?,10-/m1/s1. The molecule has 0 aromatic carbocycles. The highest BCUT2D eigenvalue weighted by molar-refractivity contribution is 7.99. The molecule has 4 heteroatoms. The molecule has 1 rings (SSSR count). The molecule has 1 heterocycles. The number of likely N-dealkylation sites (N-methyl/N-ethyl adjacent to an activating group) is 1. The van der Waals surface area contributed by atoms with Gasteiger partial charge >= 0.3 is 0 Å². The summed E-state index contributed by atoms with van der Waals surface area (Å²) in [5.41, 5.74) is 0. The van der Waals surface area contributed by atoms with Gasteiger partial charge in [-0.2, -0.15) is 0 Å². The Morgan fingerprint density at radius 1 is 1.57 bits per heavy atom. The number of morpholine rings is 1. The van der Waals surface area contributed by atoms with Crippen LogP contribution in [0.4, 0.5) is 0 Å². The molecule has 0 spiro atoms. The maximum Gasteiger partial charge on any atom is 0.0829 e. The Morgan fingerprint density at radius 3 is 2.86 bits per heavy atom. The predicted octanol–water partition coefficient (Wildman–Crippen LogP) is 0.958. The fourth-order valence-corrected chi connectivity index (χ4v) is 2.23. The Labute approximate surface area is 91.8 Å². The van der Waals surface area contributed by atoms with Crippen LogP contribution in [-0.4, -0.2) is 67.9 Å². The molecular weight excluding hydrogens is 196 g/mol. The van der Waals surface area contributed by atoms with Crippen molar-refractivity contribution in [3.8, 4) is 0 Å². The van der Waals surface area contributed by atoms with Gasteiger partial charge in [-0.15, -0.1) is 11.8 Å². The van der Waals surface area contributed by atoms with Crippen LogP contribution in [0.15, 0.2) is 0 Å². The Morgan fingerprint density at radius 2 is 2.29 bits per heavy atom. The van der Waals surface area contributed by atoms with Crippen molar-refractivity contribution in [3.63, 3.8) is 0 Å². The second-order valence-corrected chi connectivity index (χ2v) is 5.24. The minimum absolute atomic E-state index is 0.383. The number of hydrogen-bond acceptors (Lipinski definition) is 4. The lowest BCUT2D eigenvalue weighted by atomic mass is 10.2. The van der Waals surface area contributed by atoms with Crippen molar-refractivity contribution >= 4 is 11.8 Å². The molecular formula is C10H22N2OS. The smallest absolute Gasteiger partial charge is 0.0829 e. The maximum atomic E-state index is 5.72. The van der Waals surface area contributed by atoms with Crippen LogP contribution in [0.5, 0.6) is 0 Å². The van der Waals surface area contributed by atoms with E-state index in [-0.39, 0.29) is 0 Å². The first-order valence-corrected chi connectivity index (χ1v) is 6.45. The van der Waals surface area contributed by atoms with Crippen molar-refractivity contribution in [2.75, 3.05) is 46.6 Å². The second-order valence-electron chi connectivity index (χ2n) is 4.08. The van der Waals surface area contributed by atoms with Crippen LogP contribution in [0.1, 0.15) is 6.92 Å². The highest BCUT2D eigenvalue weighted by Crippen LogP contribution is 2.15. The zero-order valence-corrected chi connectivity index (χ0v) is 10.5.